The van der Waals surface area contributed by atoms with Gasteiger partial charge < -0.3 is 4.90 Å². The molecule has 84 valence electrons. The second-order valence-corrected chi connectivity index (χ2v) is 3.97. The minimum Gasteiger partial charge on any atom is -0.305 e. The van der Waals surface area contributed by atoms with E-state index in [1.165, 1.54) is 12.1 Å². The Kier molecular flexibility index (Phi) is 5.05. The molecule has 0 aliphatic rings. The summed E-state index contributed by atoms with van der Waals surface area (Å²) in [5, 5.41) is 0. The molecule has 15 heavy (non-hydrogen) atoms. The molecule has 0 fully saturated rings. The van der Waals surface area contributed by atoms with Crippen LogP contribution in [0.3, 0.4) is 0 Å². The highest BCUT2D eigenvalue weighted by atomic mass is 32.1. The van der Waals surface area contributed by atoms with E-state index < -0.39 is 11.6 Å². The van der Waals surface area contributed by atoms with Crippen LogP contribution in [0.1, 0.15) is 5.56 Å². The minimum atomic E-state index is -0.789. The lowest BCUT2D eigenvalue weighted by atomic mass is 10.1. The molecular weight excluding hydrogens is 216 g/mol. The summed E-state index contributed by atoms with van der Waals surface area (Å²) in [6.07, 6.45) is 0.724. The summed E-state index contributed by atoms with van der Waals surface area (Å²) < 4.78 is 25.5. The molecule has 1 aromatic carbocycles. The van der Waals surface area contributed by atoms with E-state index in [0.29, 0.717) is 0 Å². The molecule has 0 unspecified atom stereocenters. The van der Waals surface area contributed by atoms with Gasteiger partial charge in [0.05, 0.1) is 0 Å². The highest BCUT2D eigenvalue weighted by molar-refractivity contribution is 7.80. The van der Waals surface area contributed by atoms with Crippen LogP contribution in [0.15, 0.2) is 18.2 Å². The van der Waals surface area contributed by atoms with Gasteiger partial charge in [-0.25, -0.2) is 8.78 Å². The van der Waals surface area contributed by atoms with Gasteiger partial charge in [0.25, 0.3) is 0 Å². The predicted molar refractivity (Wildman–Crippen MR) is 61.4 cm³/mol. The van der Waals surface area contributed by atoms with Crippen molar-refractivity contribution >= 4 is 12.6 Å². The Balaban J connectivity index is 2.47. The topological polar surface area (TPSA) is 3.24 Å². The van der Waals surface area contributed by atoms with Gasteiger partial charge in [0, 0.05) is 18.8 Å². The zero-order valence-corrected chi connectivity index (χ0v) is 9.61. The molecule has 0 heterocycles. The van der Waals surface area contributed by atoms with Crippen LogP contribution in [0, 0.1) is 11.6 Å². The van der Waals surface area contributed by atoms with Crippen molar-refractivity contribution in [3.8, 4) is 0 Å². The third-order valence-corrected chi connectivity index (χ3v) is 2.45. The SMILES string of the molecule is CN(CCS)CCc1ccc(F)c(F)c1. The second-order valence-electron chi connectivity index (χ2n) is 3.53. The monoisotopic (exact) mass is 231 g/mol. The average Bonchev–Trinajstić information content (AvgIpc) is 2.20. The van der Waals surface area contributed by atoms with Crippen molar-refractivity contribution in [3.05, 3.63) is 35.4 Å². The van der Waals surface area contributed by atoms with Gasteiger partial charge in [0.1, 0.15) is 0 Å². The normalized spacial score (nSPS) is 11.0. The Hall–Kier alpha value is -0.610. The lowest BCUT2D eigenvalue weighted by molar-refractivity contribution is 0.360. The third kappa shape index (κ3) is 4.18. The van der Waals surface area contributed by atoms with E-state index in [0.717, 1.165) is 30.8 Å². The largest absolute Gasteiger partial charge is 0.305 e. The molecule has 0 radical (unpaired) electrons. The van der Waals surface area contributed by atoms with Gasteiger partial charge in [-0.05, 0) is 31.2 Å². The molecule has 0 spiro atoms. The van der Waals surface area contributed by atoms with Crippen molar-refractivity contribution in [2.24, 2.45) is 0 Å². The number of benzene rings is 1. The van der Waals surface area contributed by atoms with Crippen molar-refractivity contribution in [2.45, 2.75) is 6.42 Å². The molecule has 0 saturated carbocycles. The maximum absolute atomic E-state index is 12.9. The molecule has 0 bridgehead atoms. The molecule has 0 aliphatic heterocycles. The number of rotatable bonds is 5. The predicted octanol–water partition coefficient (Wildman–Crippen LogP) is 2.37. The van der Waals surface area contributed by atoms with E-state index in [1.54, 1.807) is 6.07 Å². The van der Waals surface area contributed by atoms with E-state index in [4.69, 9.17) is 0 Å². The molecular formula is C11H15F2NS. The van der Waals surface area contributed by atoms with Crippen molar-refractivity contribution in [1.29, 1.82) is 0 Å². The van der Waals surface area contributed by atoms with Crippen LogP contribution in [0.2, 0.25) is 0 Å². The molecule has 0 saturated heterocycles. The highest BCUT2D eigenvalue weighted by Gasteiger charge is 2.03. The Morgan fingerprint density at radius 2 is 1.93 bits per heavy atom. The Bertz CT molecular complexity index is 317. The molecule has 0 atom stereocenters. The van der Waals surface area contributed by atoms with Crippen LogP contribution in [-0.2, 0) is 6.42 Å². The number of nitrogens with zero attached hydrogens (tertiary/aromatic N) is 1. The van der Waals surface area contributed by atoms with Gasteiger partial charge in [0.2, 0.25) is 0 Å². The fourth-order valence-electron chi connectivity index (χ4n) is 1.30. The van der Waals surface area contributed by atoms with Gasteiger partial charge in [-0.1, -0.05) is 6.07 Å². The Morgan fingerprint density at radius 3 is 2.53 bits per heavy atom. The summed E-state index contributed by atoms with van der Waals surface area (Å²) in [7, 11) is 1.98. The van der Waals surface area contributed by atoms with Gasteiger partial charge in [-0.3, -0.25) is 0 Å². The van der Waals surface area contributed by atoms with Crippen molar-refractivity contribution < 1.29 is 8.78 Å². The summed E-state index contributed by atoms with van der Waals surface area (Å²) in [5.41, 5.74) is 0.819. The number of halogens is 2. The summed E-state index contributed by atoms with van der Waals surface area (Å²) in [5.74, 6) is -0.763. The van der Waals surface area contributed by atoms with Crippen molar-refractivity contribution in [2.75, 3.05) is 25.9 Å². The molecule has 1 rings (SSSR count). The zero-order valence-electron chi connectivity index (χ0n) is 8.71. The van der Waals surface area contributed by atoms with E-state index in [9.17, 15) is 8.78 Å². The lowest BCUT2D eigenvalue weighted by Gasteiger charge is -2.14. The zero-order chi connectivity index (χ0) is 11.3. The summed E-state index contributed by atoms with van der Waals surface area (Å²) in [6, 6.07) is 4.04. The van der Waals surface area contributed by atoms with Gasteiger partial charge in [-0.2, -0.15) is 12.6 Å². The fraction of sp³-hybridized carbons (Fsp3) is 0.455. The minimum absolute atomic E-state index is 0.724. The van der Waals surface area contributed by atoms with Crippen LogP contribution >= 0.6 is 12.6 Å². The molecule has 0 N–H and O–H groups in total. The average molecular weight is 231 g/mol. The lowest BCUT2D eigenvalue weighted by Crippen LogP contribution is -2.23. The number of likely N-dealkylation sites (N-methyl/N-ethyl adjacent to an activating group) is 1. The van der Waals surface area contributed by atoms with Gasteiger partial charge >= 0.3 is 0 Å². The summed E-state index contributed by atoms with van der Waals surface area (Å²) in [6.45, 7) is 1.72. The molecule has 0 aliphatic carbocycles. The Morgan fingerprint density at radius 1 is 1.20 bits per heavy atom. The summed E-state index contributed by atoms with van der Waals surface area (Å²) in [4.78, 5) is 2.11. The van der Waals surface area contributed by atoms with Crippen LogP contribution < -0.4 is 0 Å². The van der Waals surface area contributed by atoms with Crippen molar-refractivity contribution in [3.63, 3.8) is 0 Å². The molecule has 4 heteroatoms. The Labute approximate surface area is 94.5 Å². The second kappa shape index (κ2) is 6.08. The van der Waals surface area contributed by atoms with E-state index in [2.05, 4.69) is 17.5 Å². The van der Waals surface area contributed by atoms with E-state index >= 15 is 0 Å². The molecule has 0 aromatic heterocycles. The van der Waals surface area contributed by atoms with Crippen LogP contribution in [-0.4, -0.2) is 30.8 Å². The van der Waals surface area contributed by atoms with E-state index in [1.807, 2.05) is 7.05 Å². The number of hydrogen-bond donors (Lipinski definition) is 1. The highest BCUT2D eigenvalue weighted by Crippen LogP contribution is 2.09. The van der Waals surface area contributed by atoms with Crippen LogP contribution in [0.5, 0.6) is 0 Å². The maximum atomic E-state index is 12.9. The maximum Gasteiger partial charge on any atom is 0.159 e. The van der Waals surface area contributed by atoms with Gasteiger partial charge in [0.15, 0.2) is 11.6 Å². The first-order valence-corrected chi connectivity index (χ1v) is 5.50. The third-order valence-electron chi connectivity index (χ3n) is 2.25. The first kappa shape index (κ1) is 12.5. The summed E-state index contributed by atoms with van der Waals surface area (Å²) >= 11 is 4.12. The van der Waals surface area contributed by atoms with E-state index in [-0.39, 0.29) is 0 Å². The first-order chi connectivity index (χ1) is 7.13. The first-order valence-electron chi connectivity index (χ1n) is 4.87. The molecule has 0 amide bonds. The van der Waals surface area contributed by atoms with Crippen LogP contribution in [0.4, 0.5) is 8.78 Å². The molecule has 1 aromatic rings. The number of thiol groups is 1. The smallest absolute Gasteiger partial charge is 0.159 e. The standard InChI is InChI=1S/C11H15F2NS/c1-14(6-7-15)5-4-9-2-3-10(12)11(13)8-9/h2-3,8,15H,4-7H2,1H3. The fourth-order valence-corrected chi connectivity index (χ4v) is 1.64. The quantitative estimate of drug-likeness (QED) is 0.761. The van der Waals surface area contributed by atoms with Crippen LogP contribution in [0.25, 0.3) is 0 Å². The molecule has 1 nitrogen and oxygen atoms in total. The van der Waals surface area contributed by atoms with Gasteiger partial charge in [-0.15, -0.1) is 0 Å². The number of hydrogen-bond acceptors (Lipinski definition) is 2. The van der Waals surface area contributed by atoms with Crippen molar-refractivity contribution in [1.82, 2.24) is 4.90 Å².